The first-order valence-corrected chi connectivity index (χ1v) is 6.36. The lowest BCUT2D eigenvalue weighted by atomic mass is 10.3. The van der Waals surface area contributed by atoms with Crippen LogP contribution in [0.2, 0.25) is 0 Å². The van der Waals surface area contributed by atoms with Crippen molar-refractivity contribution in [2.75, 3.05) is 25.9 Å². The summed E-state index contributed by atoms with van der Waals surface area (Å²) in [5.41, 5.74) is 5.00. The number of nitro benzene ring substituents is 1. The highest BCUT2D eigenvalue weighted by atomic mass is 32.2. The Labute approximate surface area is 104 Å². The molecule has 0 saturated carbocycles. The van der Waals surface area contributed by atoms with Crippen molar-refractivity contribution in [2.45, 2.75) is 4.90 Å². The van der Waals surface area contributed by atoms with Crippen molar-refractivity contribution in [1.29, 1.82) is 0 Å². The standard InChI is InChI=1S/C9H13N3O5S/c1-11(4-5-13)18(16,17)9-6-7(10)2-3-8(9)12(14)15/h2-3,6,13H,4-5,10H2,1H3. The summed E-state index contributed by atoms with van der Waals surface area (Å²) in [4.78, 5) is 9.52. The highest BCUT2D eigenvalue weighted by Crippen LogP contribution is 2.27. The number of hydrogen-bond acceptors (Lipinski definition) is 6. The van der Waals surface area contributed by atoms with Crippen LogP contribution in [0.4, 0.5) is 11.4 Å². The first kappa shape index (κ1) is 14.4. The molecule has 0 fully saturated rings. The monoisotopic (exact) mass is 275 g/mol. The second-order valence-electron chi connectivity index (χ2n) is 3.53. The van der Waals surface area contributed by atoms with Crippen LogP contribution < -0.4 is 5.73 Å². The molecule has 0 radical (unpaired) electrons. The molecule has 0 aromatic heterocycles. The molecule has 18 heavy (non-hydrogen) atoms. The van der Waals surface area contributed by atoms with Crippen molar-refractivity contribution >= 4 is 21.4 Å². The molecule has 100 valence electrons. The van der Waals surface area contributed by atoms with Crippen LogP contribution in [-0.2, 0) is 10.0 Å². The van der Waals surface area contributed by atoms with Gasteiger partial charge in [0.25, 0.3) is 5.69 Å². The Hall–Kier alpha value is -1.71. The number of nitrogen functional groups attached to an aromatic ring is 1. The van der Waals surface area contributed by atoms with E-state index in [1.807, 2.05) is 0 Å². The van der Waals surface area contributed by atoms with Gasteiger partial charge in [0.15, 0.2) is 4.90 Å². The molecule has 0 heterocycles. The minimum atomic E-state index is -4.05. The van der Waals surface area contributed by atoms with E-state index >= 15 is 0 Å². The Morgan fingerprint density at radius 2 is 2.11 bits per heavy atom. The van der Waals surface area contributed by atoms with Gasteiger partial charge in [0.2, 0.25) is 10.0 Å². The van der Waals surface area contributed by atoms with Gasteiger partial charge >= 0.3 is 0 Å². The first-order chi connectivity index (χ1) is 8.30. The average Bonchev–Trinajstić information content (AvgIpc) is 2.28. The number of benzene rings is 1. The fourth-order valence-electron chi connectivity index (χ4n) is 1.32. The maximum Gasteiger partial charge on any atom is 0.289 e. The van der Waals surface area contributed by atoms with Gasteiger partial charge in [-0.1, -0.05) is 0 Å². The van der Waals surface area contributed by atoms with Crippen LogP contribution in [0.15, 0.2) is 23.1 Å². The second kappa shape index (κ2) is 5.29. The van der Waals surface area contributed by atoms with Crippen molar-refractivity contribution < 1.29 is 18.4 Å². The van der Waals surface area contributed by atoms with E-state index in [0.29, 0.717) is 0 Å². The summed E-state index contributed by atoms with van der Waals surface area (Å²) in [6.07, 6.45) is 0. The summed E-state index contributed by atoms with van der Waals surface area (Å²) in [6.45, 7) is -0.542. The van der Waals surface area contributed by atoms with Gasteiger partial charge in [0.05, 0.1) is 11.5 Å². The number of likely N-dealkylation sites (N-methyl/N-ethyl adjacent to an activating group) is 1. The van der Waals surface area contributed by atoms with E-state index in [1.165, 1.54) is 13.1 Å². The maximum absolute atomic E-state index is 12.1. The van der Waals surface area contributed by atoms with Crippen LogP contribution >= 0.6 is 0 Å². The minimum absolute atomic E-state index is 0.108. The van der Waals surface area contributed by atoms with Crippen molar-refractivity contribution in [3.63, 3.8) is 0 Å². The number of nitrogens with two attached hydrogens (primary N) is 1. The number of aliphatic hydroxyl groups excluding tert-OH is 1. The number of aliphatic hydroxyl groups is 1. The molecular formula is C9H13N3O5S. The highest BCUT2D eigenvalue weighted by molar-refractivity contribution is 7.89. The van der Waals surface area contributed by atoms with Crippen LogP contribution in [0.25, 0.3) is 0 Å². The lowest BCUT2D eigenvalue weighted by Crippen LogP contribution is -2.30. The fourth-order valence-corrected chi connectivity index (χ4v) is 2.67. The summed E-state index contributed by atoms with van der Waals surface area (Å²) in [5.74, 6) is 0. The number of nitrogens with zero attached hydrogens (tertiary/aromatic N) is 2. The molecular weight excluding hydrogens is 262 g/mol. The number of hydrogen-bond donors (Lipinski definition) is 2. The van der Waals surface area contributed by atoms with E-state index in [0.717, 1.165) is 16.4 Å². The zero-order chi connectivity index (χ0) is 13.9. The lowest BCUT2D eigenvalue weighted by Gasteiger charge is -2.15. The SMILES string of the molecule is CN(CCO)S(=O)(=O)c1cc(N)ccc1[N+](=O)[O-]. The third-order valence-corrected chi connectivity index (χ3v) is 4.17. The number of sulfonamides is 1. The van der Waals surface area contributed by atoms with Crippen molar-refractivity contribution in [3.05, 3.63) is 28.3 Å². The van der Waals surface area contributed by atoms with E-state index in [2.05, 4.69) is 0 Å². The number of nitro groups is 1. The van der Waals surface area contributed by atoms with E-state index in [9.17, 15) is 18.5 Å². The predicted molar refractivity (Wildman–Crippen MR) is 64.4 cm³/mol. The van der Waals surface area contributed by atoms with Gasteiger partial charge < -0.3 is 10.8 Å². The second-order valence-corrected chi connectivity index (χ2v) is 5.55. The van der Waals surface area contributed by atoms with Gasteiger partial charge in [-0.2, -0.15) is 4.31 Å². The molecule has 0 aliphatic carbocycles. The molecule has 3 N–H and O–H groups in total. The van der Waals surface area contributed by atoms with Crippen LogP contribution in [0.3, 0.4) is 0 Å². The molecule has 0 atom stereocenters. The van der Waals surface area contributed by atoms with Crippen LogP contribution in [0.1, 0.15) is 0 Å². The van der Waals surface area contributed by atoms with Gasteiger partial charge in [0, 0.05) is 25.3 Å². The molecule has 0 bridgehead atoms. The summed E-state index contributed by atoms with van der Waals surface area (Å²) in [5, 5.41) is 19.5. The van der Waals surface area contributed by atoms with Gasteiger partial charge in [0.1, 0.15) is 0 Å². The largest absolute Gasteiger partial charge is 0.399 e. The Balaban J connectivity index is 3.39. The summed E-state index contributed by atoms with van der Waals surface area (Å²) < 4.78 is 24.9. The van der Waals surface area contributed by atoms with E-state index < -0.39 is 25.5 Å². The Morgan fingerprint density at radius 1 is 1.50 bits per heavy atom. The Kier molecular flexibility index (Phi) is 4.22. The topological polar surface area (TPSA) is 127 Å². The number of rotatable bonds is 5. The van der Waals surface area contributed by atoms with E-state index in [1.54, 1.807) is 0 Å². The molecule has 1 aromatic carbocycles. The molecule has 0 aliphatic rings. The third-order valence-electron chi connectivity index (χ3n) is 2.28. The molecule has 1 rings (SSSR count). The van der Waals surface area contributed by atoms with Gasteiger partial charge in [-0.3, -0.25) is 10.1 Å². The Morgan fingerprint density at radius 3 is 2.61 bits per heavy atom. The van der Waals surface area contributed by atoms with Crippen molar-refractivity contribution in [1.82, 2.24) is 4.31 Å². The van der Waals surface area contributed by atoms with Crippen LogP contribution in [0.5, 0.6) is 0 Å². The molecule has 0 amide bonds. The summed E-state index contributed by atoms with van der Waals surface area (Å²) >= 11 is 0. The van der Waals surface area contributed by atoms with Crippen molar-refractivity contribution in [3.8, 4) is 0 Å². The zero-order valence-corrected chi connectivity index (χ0v) is 10.4. The fraction of sp³-hybridized carbons (Fsp3) is 0.333. The van der Waals surface area contributed by atoms with E-state index in [-0.39, 0.29) is 18.8 Å². The number of anilines is 1. The molecule has 0 aliphatic heterocycles. The summed E-state index contributed by atoms with van der Waals surface area (Å²) in [6, 6.07) is 3.32. The molecule has 0 saturated heterocycles. The van der Waals surface area contributed by atoms with Crippen LogP contribution in [-0.4, -0.2) is 43.0 Å². The molecule has 1 aromatic rings. The van der Waals surface area contributed by atoms with Gasteiger partial charge in [-0.05, 0) is 12.1 Å². The van der Waals surface area contributed by atoms with Crippen LogP contribution in [0, 0.1) is 10.1 Å². The minimum Gasteiger partial charge on any atom is -0.399 e. The molecule has 0 spiro atoms. The normalized spacial score (nSPS) is 11.7. The van der Waals surface area contributed by atoms with E-state index in [4.69, 9.17) is 10.8 Å². The third kappa shape index (κ3) is 2.75. The average molecular weight is 275 g/mol. The quantitative estimate of drug-likeness (QED) is 0.435. The molecule has 9 heteroatoms. The predicted octanol–water partition coefficient (Wildman–Crippen LogP) is -0.210. The zero-order valence-electron chi connectivity index (χ0n) is 9.61. The maximum atomic E-state index is 12.1. The van der Waals surface area contributed by atoms with Gasteiger partial charge in [-0.15, -0.1) is 0 Å². The first-order valence-electron chi connectivity index (χ1n) is 4.92. The smallest absolute Gasteiger partial charge is 0.289 e. The lowest BCUT2D eigenvalue weighted by molar-refractivity contribution is -0.387. The van der Waals surface area contributed by atoms with Crippen molar-refractivity contribution in [2.24, 2.45) is 0 Å². The summed E-state index contributed by atoms with van der Waals surface area (Å²) in [7, 11) is -2.83. The Bertz CT molecular complexity index is 557. The highest BCUT2D eigenvalue weighted by Gasteiger charge is 2.29. The molecule has 8 nitrogen and oxygen atoms in total. The molecule has 0 unspecified atom stereocenters. The van der Waals surface area contributed by atoms with Gasteiger partial charge in [-0.25, -0.2) is 8.42 Å².